The molecule has 1 aliphatic rings. The third-order valence-electron chi connectivity index (χ3n) is 4.58. The van der Waals surface area contributed by atoms with Gasteiger partial charge in [0.05, 0.1) is 0 Å². The van der Waals surface area contributed by atoms with Gasteiger partial charge in [-0.1, -0.05) is 31.8 Å². The highest BCUT2D eigenvalue weighted by Gasteiger charge is 2.15. The molecular weight excluding hydrogens is 300 g/mol. The van der Waals surface area contributed by atoms with Gasteiger partial charge in [-0.05, 0) is 32.1 Å². The second-order valence-electron chi connectivity index (χ2n) is 6.69. The minimum absolute atomic E-state index is 0.150. The zero-order valence-electron chi connectivity index (χ0n) is 15.6. The first kappa shape index (κ1) is 20.5. The van der Waals surface area contributed by atoms with Gasteiger partial charge in [0.15, 0.2) is 5.96 Å². The lowest BCUT2D eigenvalue weighted by molar-refractivity contribution is -0.121. The first-order valence-electron chi connectivity index (χ1n) is 9.49. The van der Waals surface area contributed by atoms with Crippen molar-refractivity contribution in [2.24, 2.45) is 4.99 Å². The fraction of sp³-hybridized carbons (Fsp3) is 0.789. The van der Waals surface area contributed by atoms with Crippen molar-refractivity contribution in [3.63, 3.8) is 0 Å². The molecule has 0 radical (unpaired) electrons. The summed E-state index contributed by atoms with van der Waals surface area (Å²) in [5, 5.41) is 6.44. The summed E-state index contributed by atoms with van der Waals surface area (Å²) < 4.78 is 0. The fourth-order valence-corrected chi connectivity index (χ4v) is 3.14. The van der Waals surface area contributed by atoms with Crippen LogP contribution >= 0.6 is 0 Å². The summed E-state index contributed by atoms with van der Waals surface area (Å²) in [5.74, 6) is 1.01. The number of nitrogens with zero attached hydrogens (tertiary/aromatic N) is 2. The molecule has 0 aromatic rings. The molecule has 0 atom stereocenters. The van der Waals surface area contributed by atoms with Crippen LogP contribution in [0.4, 0.5) is 0 Å². The van der Waals surface area contributed by atoms with Gasteiger partial charge in [0.25, 0.3) is 0 Å². The van der Waals surface area contributed by atoms with Crippen molar-refractivity contribution in [3.8, 4) is 0 Å². The van der Waals surface area contributed by atoms with E-state index in [1.165, 1.54) is 32.1 Å². The molecular formula is C19H36N4O. The van der Waals surface area contributed by atoms with E-state index in [1.54, 1.807) is 7.05 Å². The van der Waals surface area contributed by atoms with Gasteiger partial charge >= 0.3 is 0 Å². The Morgan fingerprint density at radius 2 is 2.00 bits per heavy atom. The molecule has 0 unspecified atom stereocenters. The molecule has 1 aliphatic carbocycles. The lowest BCUT2D eigenvalue weighted by atomic mass is 9.95. The van der Waals surface area contributed by atoms with Gasteiger partial charge in [-0.15, -0.1) is 6.58 Å². The highest BCUT2D eigenvalue weighted by molar-refractivity contribution is 5.81. The number of aliphatic imine (C=N–C) groups is 1. The Labute approximate surface area is 148 Å². The Bertz CT molecular complexity index is 389. The number of unbranched alkanes of at least 4 members (excludes halogenated alkanes) is 3. The van der Waals surface area contributed by atoms with Crippen molar-refractivity contribution < 1.29 is 4.79 Å². The molecule has 5 nitrogen and oxygen atoms in total. The van der Waals surface area contributed by atoms with Crippen LogP contribution < -0.4 is 10.6 Å². The molecule has 1 fully saturated rings. The molecule has 24 heavy (non-hydrogen) atoms. The third kappa shape index (κ3) is 8.94. The van der Waals surface area contributed by atoms with Crippen LogP contribution in [0.3, 0.4) is 0 Å². The molecule has 0 heterocycles. The molecule has 1 amide bonds. The summed E-state index contributed by atoms with van der Waals surface area (Å²) in [4.78, 5) is 18.4. The molecule has 5 heteroatoms. The predicted molar refractivity (Wildman–Crippen MR) is 102 cm³/mol. The number of hydrogen-bond donors (Lipinski definition) is 2. The Balaban J connectivity index is 2.15. The van der Waals surface area contributed by atoms with Crippen molar-refractivity contribution in [1.29, 1.82) is 0 Å². The minimum atomic E-state index is 0.150. The molecule has 2 N–H and O–H groups in total. The Morgan fingerprint density at radius 3 is 2.67 bits per heavy atom. The minimum Gasteiger partial charge on any atom is -0.356 e. The van der Waals surface area contributed by atoms with E-state index >= 15 is 0 Å². The summed E-state index contributed by atoms with van der Waals surface area (Å²) >= 11 is 0. The quantitative estimate of drug-likeness (QED) is 0.279. The summed E-state index contributed by atoms with van der Waals surface area (Å²) in [6.07, 6.45) is 13.2. The summed E-state index contributed by atoms with van der Waals surface area (Å²) in [5.41, 5.74) is 0. The number of rotatable bonds is 10. The zero-order valence-corrected chi connectivity index (χ0v) is 15.6. The maximum atomic E-state index is 12.0. The molecule has 0 bridgehead atoms. The van der Waals surface area contributed by atoms with E-state index < -0.39 is 0 Å². The van der Waals surface area contributed by atoms with Crippen LogP contribution in [0.5, 0.6) is 0 Å². The lowest BCUT2D eigenvalue weighted by Crippen LogP contribution is -2.42. The number of nitrogens with one attached hydrogen (secondary N) is 2. The van der Waals surface area contributed by atoms with Gasteiger partial charge in [-0.25, -0.2) is 0 Å². The predicted octanol–water partition coefficient (Wildman–Crippen LogP) is 3.08. The number of guanidine groups is 1. The van der Waals surface area contributed by atoms with E-state index in [0.717, 1.165) is 38.2 Å². The van der Waals surface area contributed by atoms with Crippen LogP contribution in [0.15, 0.2) is 17.6 Å². The average Bonchev–Trinajstić information content (AvgIpc) is 2.59. The monoisotopic (exact) mass is 336 g/mol. The van der Waals surface area contributed by atoms with Gasteiger partial charge in [0.1, 0.15) is 0 Å². The fourth-order valence-electron chi connectivity index (χ4n) is 3.14. The smallest absolute Gasteiger partial charge is 0.221 e. The molecule has 1 saturated carbocycles. The lowest BCUT2D eigenvalue weighted by Gasteiger charge is -2.24. The normalized spacial score (nSPS) is 15.8. The van der Waals surface area contributed by atoms with Gasteiger partial charge < -0.3 is 15.5 Å². The summed E-state index contributed by atoms with van der Waals surface area (Å²) in [6.45, 7) is 5.36. The van der Waals surface area contributed by atoms with Crippen LogP contribution in [-0.2, 0) is 4.79 Å². The maximum Gasteiger partial charge on any atom is 0.221 e. The standard InChI is InChI=1S/C19H36N4O/c1-4-5-6-7-11-16-23(3)19(20-2)21-15-14-18(24)22-17-12-9-8-10-13-17/h4,17H,1,5-16H2,2-3H3,(H,20,21)(H,22,24). The van der Waals surface area contributed by atoms with Gasteiger partial charge in [0.2, 0.25) is 5.91 Å². The zero-order chi connectivity index (χ0) is 17.6. The first-order valence-corrected chi connectivity index (χ1v) is 9.49. The van der Waals surface area contributed by atoms with Gasteiger partial charge in [0, 0.05) is 39.6 Å². The molecule has 0 saturated heterocycles. The molecule has 0 aliphatic heterocycles. The Kier molecular flexibility index (Phi) is 11.0. The van der Waals surface area contributed by atoms with E-state index in [4.69, 9.17) is 0 Å². The number of amides is 1. The van der Waals surface area contributed by atoms with Gasteiger partial charge in [-0.3, -0.25) is 9.79 Å². The van der Waals surface area contributed by atoms with Crippen molar-refractivity contribution >= 4 is 11.9 Å². The Hall–Kier alpha value is -1.52. The molecule has 1 rings (SSSR count). The molecule has 138 valence electrons. The largest absolute Gasteiger partial charge is 0.356 e. The van der Waals surface area contributed by atoms with Crippen LogP contribution in [0.1, 0.15) is 64.2 Å². The number of carbonyl (C=O) groups excluding carboxylic acids is 1. The van der Waals surface area contributed by atoms with Crippen LogP contribution in [0.2, 0.25) is 0 Å². The first-order chi connectivity index (χ1) is 11.7. The summed E-state index contributed by atoms with van der Waals surface area (Å²) in [7, 11) is 3.84. The topological polar surface area (TPSA) is 56.7 Å². The number of hydrogen-bond acceptors (Lipinski definition) is 2. The highest BCUT2D eigenvalue weighted by Crippen LogP contribution is 2.17. The van der Waals surface area contributed by atoms with Crippen LogP contribution in [0, 0.1) is 0 Å². The molecule has 0 aromatic carbocycles. The van der Waals surface area contributed by atoms with E-state index in [-0.39, 0.29) is 5.91 Å². The SMILES string of the molecule is C=CCCCCCN(C)C(=NC)NCCC(=O)NC1CCCCC1. The van der Waals surface area contributed by atoms with Gasteiger partial charge in [-0.2, -0.15) is 0 Å². The Morgan fingerprint density at radius 1 is 1.25 bits per heavy atom. The third-order valence-corrected chi connectivity index (χ3v) is 4.58. The second-order valence-corrected chi connectivity index (χ2v) is 6.69. The number of carbonyl (C=O) groups is 1. The number of allylic oxidation sites excluding steroid dienone is 1. The summed E-state index contributed by atoms with van der Waals surface area (Å²) in [6, 6.07) is 0.392. The van der Waals surface area contributed by atoms with Crippen molar-refractivity contribution in [2.45, 2.75) is 70.3 Å². The van der Waals surface area contributed by atoms with Crippen LogP contribution in [-0.4, -0.2) is 50.0 Å². The highest BCUT2D eigenvalue weighted by atomic mass is 16.1. The van der Waals surface area contributed by atoms with Crippen LogP contribution in [0.25, 0.3) is 0 Å². The van der Waals surface area contributed by atoms with E-state index in [0.29, 0.717) is 19.0 Å². The van der Waals surface area contributed by atoms with E-state index in [1.807, 2.05) is 13.1 Å². The maximum absolute atomic E-state index is 12.0. The van der Waals surface area contributed by atoms with E-state index in [2.05, 4.69) is 27.1 Å². The van der Waals surface area contributed by atoms with Crippen molar-refractivity contribution in [2.75, 3.05) is 27.2 Å². The second kappa shape index (κ2) is 12.8. The van der Waals surface area contributed by atoms with Crippen molar-refractivity contribution in [3.05, 3.63) is 12.7 Å². The van der Waals surface area contributed by atoms with Crippen molar-refractivity contribution in [1.82, 2.24) is 15.5 Å². The average molecular weight is 337 g/mol. The van der Waals surface area contributed by atoms with E-state index in [9.17, 15) is 4.79 Å². The molecule has 0 spiro atoms. The molecule has 0 aromatic heterocycles.